The molecular formula is C21H15N3S2. The van der Waals surface area contributed by atoms with Gasteiger partial charge in [-0.15, -0.1) is 22.7 Å². The van der Waals surface area contributed by atoms with Gasteiger partial charge in [-0.1, -0.05) is 54.6 Å². The Balaban J connectivity index is 1.69. The van der Waals surface area contributed by atoms with Gasteiger partial charge in [0.1, 0.15) is 11.0 Å². The first kappa shape index (κ1) is 15.5. The SMILES string of the molecule is c1ccc(Cn2nc3c(-c4cccs4)ccc(-c4cccs4)c3n2)cc1. The summed E-state index contributed by atoms with van der Waals surface area (Å²) in [5.74, 6) is 0. The largest absolute Gasteiger partial charge is 0.179 e. The lowest BCUT2D eigenvalue weighted by atomic mass is 10.1. The summed E-state index contributed by atoms with van der Waals surface area (Å²) in [7, 11) is 0. The Kier molecular flexibility index (Phi) is 3.88. The van der Waals surface area contributed by atoms with Crippen LogP contribution in [0.2, 0.25) is 0 Å². The summed E-state index contributed by atoms with van der Waals surface area (Å²) in [6.45, 7) is 0.670. The van der Waals surface area contributed by atoms with Gasteiger partial charge >= 0.3 is 0 Å². The molecule has 5 heteroatoms. The van der Waals surface area contributed by atoms with Crippen LogP contribution < -0.4 is 0 Å². The van der Waals surface area contributed by atoms with Gasteiger partial charge < -0.3 is 0 Å². The van der Waals surface area contributed by atoms with Crippen molar-refractivity contribution in [1.29, 1.82) is 0 Å². The highest BCUT2D eigenvalue weighted by atomic mass is 32.1. The summed E-state index contributed by atoms with van der Waals surface area (Å²) >= 11 is 3.47. The standard InChI is InChI=1S/C21H15N3S2/c1-2-6-15(7-3-1)14-24-22-20-16(18-8-4-12-25-18)10-11-17(21(20)23-24)19-9-5-13-26-19/h1-13H,14H2. The van der Waals surface area contributed by atoms with E-state index < -0.39 is 0 Å². The van der Waals surface area contributed by atoms with E-state index in [1.165, 1.54) is 15.3 Å². The maximum absolute atomic E-state index is 4.85. The molecule has 0 spiro atoms. The minimum absolute atomic E-state index is 0.670. The van der Waals surface area contributed by atoms with Crippen molar-refractivity contribution >= 4 is 33.7 Å². The molecule has 3 aromatic heterocycles. The Labute approximate surface area is 159 Å². The lowest BCUT2D eigenvalue weighted by molar-refractivity contribution is 0.600. The van der Waals surface area contributed by atoms with E-state index in [4.69, 9.17) is 10.2 Å². The van der Waals surface area contributed by atoms with Gasteiger partial charge in [0.15, 0.2) is 0 Å². The van der Waals surface area contributed by atoms with Gasteiger partial charge in [0, 0.05) is 20.9 Å². The third-order valence-corrected chi connectivity index (χ3v) is 6.13. The van der Waals surface area contributed by atoms with Crippen LogP contribution in [0.1, 0.15) is 5.56 Å². The molecule has 0 bridgehead atoms. The third kappa shape index (κ3) is 2.75. The molecule has 0 N–H and O–H groups in total. The monoisotopic (exact) mass is 373 g/mol. The Morgan fingerprint density at radius 3 is 1.73 bits per heavy atom. The molecule has 0 aliphatic rings. The fraction of sp³-hybridized carbons (Fsp3) is 0.0476. The highest BCUT2D eigenvalue weighted by Crippen LogP contribution is 2.36. The molecule has 5 aromatic rings. The van der Waals surface area contributed by atoms with Gasteiger partial charge in [0.25, 0.3) is 0 Å². The first-order valence-electron chi connectivity index (χ1n) is 8.38. The molecule has 0 saturated carbocycles. The number of hydrogen-bond donors (Lipinski definition) is 0. The summed E-state index contributed by atoms with van der Waals surface area (Å²) in [6, 6.07) is 23.1. The van der Waals surface area contributed by atoms with Crippen molar-refractivity contribution in [2.75, 3.05) is 0 Å². The zero-order chi connectivity index (χ0) is 17.3. The Morgan fingerprint density at radius 1 is 0.654 bits per heavy atom. The minimum Gasteiger partial charge on any atom is -0.179 e. The average molecular weight is 374 g/mol. The van der Waals surface area contributed by atoms with Crippen molar-refractivity contribution in [3.63, 3.8) is 0 Å². The number of nitrogens with zero attached hydrogens (tertiary/aromatic N) is 3. The Morgan fingerprint density at radius 2 is 1.23 bits per heavy atom. The maximum Gasteiger partial charge on any atom is 0.122 e. The number of rotatable bonds is 4. The van der Waals surface area contributed by atoms with Gasteiger partial charge in [-0.3, -0.25) is 0 Å². The van der Waals surface area contributed by atoms with Gasteiger partial charge in [0.05, 0.1) is 6.54 Å². The first-order valence-corrected chi connectivity index (χ1v) is 10.1. The number of hydrogen-bond acceptors (Lipinski definition) is 4. The molecule has 0 atom stereocenters. The van der Waals surface area contributed by atoms with Crippen LogP contribution in [0.4, 0.5) is 0 Å². The molecule has 3 nitrogen and oxygen atoms in total. The molecule has 5 rings (SSSR count). The number of fused-ring (bicyclic) bond motifs is 1. The lowest BCUT2D eigenvalue weighted by Crippen LogP contribution is -2.03. The maximum atomic E-state index is 4.85. The minimum atomic E-state index is 0.670. The van der Waals surface area contributed by atoms with Gasteiger partial charge in [-0.2, -0.15) is 15.0 Å². The van der Waals surface area contributed by atoms with Crippen LogP contribution in [-0.2, 0) is 6.54 Å². The summed E-state index contributed by atoms with van der Waals surface area (Å²) in [5, 5.41) is 13.9. The van der Waals surface area contributed by atoms with Crippen LogP contribution in [0.5, 0.6) is 0 Å². The second kappa shape index (κ2) is 6.52. The van der Waals surface area contributed by atoms with E-state index in [9.17, 15) is 0 Å². The second-order valence-electron chi connectivity index (χ2n) is 6.03. The zero-order valence-corrected chi connectivity index (χ0v) is 15.5. The van der Waals surface area contributed by atoms with Gasteiger partial charge in [-0.05, 0) is 28.5 Å². The fourth-order valence-electron chi connectivity index (χ4n) is 3.11. The molecule has 0 radical (unpaired) electrons. The molecule has 0 saturated heterocycles. The molecule has 0 fully saturated rings. The number of thiophene rings is 2. The van der Waals surface area contributed by atoms with Crippen molar-refractivity contribution in [2.45, 2.75) is 6.54 Å². The topological polar surface area (TPSA) is 30.7 Å². The second-order valence-corrected chi connectivity index (χ2v) is 7.92. The van der Waals surface area contributed by atoms with Crippen molar-refractivity contribution in [1.82, 2.24) is 15.0 Å². The van der Waals surface area contributed by atoms with Crippen molar-refractivity contribution in [3.8, 4) is 20.9 Å². The molecule has 26 heavy (non-hydrogen) atoms. The van der Waals surface area contributed by atoms with Crippen molar-refractivity contribution in [2.24, 2.45) is 0 Å². The molecule has 0 aliphatic heterocycles. The number of benzene rings is 2. The van der Waals surface area contributed by atoms with Crippen LogP contribution in [0.3, 0.4) is 0 Å². The van der Waals surface area contributed by atoms with Crippen molar-refractivity contribution in [3.05, 3.63) is 83.1 Å². The fourth-order valence-corrected chi connectivity index (χ4v) is 4.62. The molecule has 0 aliphatic carbocycles. The zero-order valence-electron chi connectivity index (χ0n) is 13.9. The number of aromatic nitrogens is 3. The highest BCUT2D eigenvalue weighted by Gasteiger charge is 2.16. The normalized spacial score (nSPS) is 11.2. The van der Waals surface area contributed by atoms with Crippen LogP contribution in [0.15, 0.2) is 77.5 Å². The van der Waals surface area contributed by atoms with E-state index in [0.29, 0.717) is 6.54 Å². The Hall–Kier alpha value is -2.76. The van der Waals surface area contributed by atoms with Gasteiger partial charge in [-0.25, -0.2) is 0 Å². The predicted molar refractivity (Wildman–Crippen MR) is 110 cm³/mol. The summed E-state index contributed by atoms with van der Waals surface area (Å²) < 4.78 is 0. The van der Waals surface area contributed by atoms with Crippen molar-refractivity contribution < 1.29 is 0 Å². The quantitative estimate of drug-likeness (QED) is 0.390. The molecule has 126 valence electrons. The van der Waals surface area contributed by atoms with E-state index in [2.05, 4.69) is 59.3 Å². The van der Waals surface area contributed by atoms with Crippen LogP contribution >= 0.6 is 22.7 Å². The van der Waals surface area contributed by atoms with Crippen LogP contribution in [0.25, 0.3) is 31.9 Å². The van der Waals surface area contributed by atoms with E-state index in [1.807, 2.05) is 23.0 Å². The molecule has 0 amide bonds. The molecule has 2 aromatic carbocycles. The van der Waals surface area contributed by atoms with E-state index in [1.54, 1.807) is 22.7 Å². The van der Waals surface area contributed by atoms with Crippen LogP contribution in [-0.4, -0.2) is 15.0 Å². The van der Waals surface area contributed by atoms with E-state index in [-0.39, 0.29) is 0 Å². The molecule has 3 heterocycles. The summed E-state index contributed by atoms with van der Waals surface area (Å²) in [4.78, 5) is 4.26. The summed E-state index contributed by atoms with van der Waals surface area (Å²) in [5.41, 5.74) is 5.43. The lowest BCUT2D eigenvalue weighted by Gasteiger charge is -2.02. The predicted octanol–water partition coefficient (Wildman–Crippen LogP) is 5.94. The van der Waals surface area contributed by atoms with E-state index in [0.717, 1.165) is 22.2 Å². The molecule has 0 unspecified atom stereocenters. The average Bonchev–Trinajstić information content (AvgIpc) is 3.42. The van der Waals surface area contributed by atoms with Gasteiger partial charge in [0.2, 0.25) is 0 Å². The molecular weight excluding hydrogens is 358 g/mol. The Bertz CT molecular complexity index is 1070. The summed E-state index contributed by atoms with van der Waals surface area (Å²) in [6.07, 6.45) is 0. The van der Waals surface area contributed by atoms with E-state index >= 15 is 0 Å². The first-order chi connectivity index (χ1) is 12.9. The smallest absolute Gasteiger partial charge is 0.122 e. The highest BCUT2D eigenvalue weighted by molar-refractivity contribution is 7.14. The van der Waals surface area contributed by atoms with Crippen LogP contribution in [0, 0.1) is 0 Å². The third-order valence-electron chi connectivity index (χ3n) is 4.32.